The molecule has 1 unspecified atom stereocenters. The van der Waals surface area contributed by atoms with Gasteiger partial charge in [0.1, 0.15) is 23.0 Å². The fourth-order valence-corrected chi connectivity index (χ4v) is 4.17. The monoisotopic (exact) mass is 501 g/mol. The molecule has 1 amide bonds. The molecule has 0 radical (unpaired) electrons. The maximum absolute atomic E-state index is 13.4. The molecule has 0 bridgehead atoms. The maximum Gasteiger partial charge on any atom is 0.308 e. The van der Waals surface area contributed by atoms with Crippen LogP contribution in [0.15, 0.2) is 78.4 Å². The number of benzene rings is 3. The first-order valence-corrected chi connectivity index (χ1v) is 11.8. The van der Waals surface area contributed by atoms with Crippen molar-refractivity contribution in [3.8, 4) is 17.2 Å². The highest BCUT2D eigenvalue weighted by molar-refractivity contribution is 6.51. The van der Waals surface area contributed by atoms with Crippen LogP contribution in [0.5, 0.6) is 17.2 Å². The Morgan fingerprint density at radius 1 is 0.946 bits per heavy atom. The van der Waals surface area contributed by atoms with Crippen LogP contribution in [0, 0.1) is 0 Å². The van der Waals surface area contributed by atoms with Crippen LogP contribution in [0.1, 0.15) is 37.4 Å². The Morgan fingerprint density at radius 3 is 2.32 bits per heavy atom. The zero-order valence-electron chi connectivity index (χ0n) is 20.8. The number of carbonyl (C=O) groups is 3. The summed E-state index contributed by atoms with van der Waals surface area (Å²) < 4.78 is 16.1. The lowest BCUT2D eigenvalue weighted by atomic mass is 9.95. The molecule has 1 aliphatic rings. The lowest BCUT2D eigenvalue weighted by Gasteiger charge is -2.26. The number of anilines is 1. The lowest BCUT2D eigenvalue weighted by Crippen LogP contribution is -2.29. The van der Waals surface area contributed by atoms with E-state index in [1.165, 1.54) is 18.9 Å². The van der Waals surface area contributed by atoms with E-state index in [4.69, 9.17) is 14.2 Å². The summed E-state index contributed by atoms with van der Waals surface area (Å²) in [4.78, 5) is 39.4. The van der Waals surface area contributed by atoms with Gasteiger partial charge in [0, 0.05) is 24.2 Å². The van der Waals surface area contributed by atoms with Gasteiger partial charge in [-0.2, -0.15) is 0 Å². The molecule has 37 heavy (non-hydrogen) atoms. The van der Waals surface area contributed by atoms with E-state index < -0.39 is 23.7 Å². The summed E-state index contributed by atoms with van der Waals surface area (Å²) in [5.74, 6) is -1.05. The predicted molar refractivity (Wildman–Crippen MR) is 138 cm³/mol. The van der Waals surface area contributed by atoms with E-state index in [2.05, 4.69) is 0 Å². The van der Waals surface area contributed by atoms with Crippen molar-refractivity contribution in [1.29, 1.82) is 0 Å². The van der Waals surface area contributed by atoms with Gasteiger partial charge in [-0.25, -0.2) is 0 Å². The van der Waals surface area contributed by atoms with Gasteiger partial charge in [0.15, 0.2) is 0 Å². The van der Waals surface area contributed by atoms with Crippen molar-refractivity contribution in [2.24, 2.45) is 0 Å². The van der Waals surface area contributed by atoms with Gasteiger partial charge in [0.2, 0.25) is 0 Å². The molecule has 190 valence electrons. The fraction of sp³-hybridized carbons (Fsp3) is 0.207. The van der Waals surface area contributed by atoms with E-state index in [-0.39, 0.29) is 11.3 Å². The number of aliphatic hydroxyl groups is 1. The largest absolute Gasteiger partial charge is 0.507 e. The van der Waals surface area contributed by atoms with E-state index in [0.717, 1.165) is 6.42 Å². The quantitative estimate of drug-likeness (QED) is 0.152. The van der Waals surface area contributed by atoms with Gasteiger partial charge >= 0.3 is 5.97 Å². The molecule has 1 heterocycles. The minimum absolute atomic E-state index is 0.0688. The van der Waals surface area contributed by atoms with Crippen LogP contribution in [0.4, 0.5) is 5.69 Å². The minimum Gasteiger partial charge on any atom is -0.507 e. The Morgan fingerprint density at radius 2 is 1.65 bits per heavy atom. The van der Waals surface area contributed by atoms with Gasteiger partial charge in [0.25, 0.3) is 11.7 Å². The van der Waals surface area contributed by atoms with Gasteiger partial charge in [-0.05, 0) is 48.4 Å². The van der Waals surface area contributed by atoms with Crippen LogP contribution < -0.4 is 19.1 Å². The number of carbonyl (C=O) groups excluding carboxylic acids is 3. The standard InChI is InChI=1S/C29H27NO7/c1-4-15-36-24-10-5-7-20(16-24)27(32)25-26(19-11-13-22(14-12-19)37-18(2)31)30(29(34)28(25)33)21-8-6-9-23(17-21)35-3/h5-14,16-17,26,32H,4,15H2,1-3H3/b27-25+. The van der Waals surface area contributed by atoms with Crippen molar-refractivity contribution in [3.63, 3.8) is 0 Å². The van der Waals surface area contributed by atoms with E-state index in [9.17, 15) is 19.5 Å². The summed E-state index contributed by atoms with van der Waals surface area (Å²) in [6.45, 7) is 3.78. The number of aliphatic hydroxyl groups excluding tert-OH is 1. The first-order chi connectivity index (χ1) is 17.8. The number of ether oxygens (including phenoxy) is 3. The zero-order valence-corrected chi connectivity index (χ0v) is 20.8. The van der Waals surface area contributed by atoms with Crippen LogP contribution >= 0.6 is 0 Å². The number of amides is 1. The number of ketones is 1. The lowest BCUT2D eigenvalue weighted by molar-refractivity contribution is -0.132. The second-order valence-electron chi connectivity index (χ2n) is 8.41. The van der Waals surface area contributed by atoms with Crippen LogP contribution in [-0.2, 0) is 14.4 Å². The average Bonchev–Trinajstić information content (AvgIpc) is 3.17. The highest BCUT2D eigenvalue weighted by Crippen LogP contribution is 2.43. The summed E-state index contributed by atoms with van der Waals surface area (Å²) in [6, 6.07) is 19.0. The highest BCUT2D eigenvalue weighted by atomic mass is 16.5. The van der Waals surface area contributed by atoms with Crippen molar-refractivity contribution >= 4 is 29.1 Å². The van der Waals surface area contributed by atoms with Gasteiger partial charge in [-0.3, -0.25) is 19.3 Å². The third-order valence-electron chi connectivity index (χ3n) is 5.81. The molecular formula is C29H27NO7. The average molecular weight is 502 g/mol. The molecule has 8 heteroatoms. The zero-order chi connectivity index (χ0) is 26.5. The molecule has 0 spiro atoms. The number of Topliss-reactive ketones (excluding diaryl/α,β-unsaturated/α-hetero) is 1. The highest BCUT2D eigenvalue weighted by Gasteiger charge is 2.47. The van der Waals surface area contributed by atoms with Crippen LogP contribution in [0.25, 0.3) is 5.76 Å². The number of hydrogen-bond donors (Lipinski definition) is 1. The van der Waals surface area contributed by atoms with Crippen molar-refractivity contribution in [2.45, 2.75) is 26.3 Å². The number of methoxy groups -OCH3 is 1. The normalized spacial score (nSPS) is 16.5. The topological polar surface area (TPSA) is 102 Å². The molecule has 3 aromatic rings. The van der Waals surface area contributed by atoms with Crippen molar-refractivity contribution in [2.75, 3.05) is 18.6 Å². The van der Waals surface area contributed by atoms with E-state index in [1.54, 1.807) is 72.8 Å². The van der Waals surface area contributed by atoms with Crippen molar-refractivity contribution < 1.29 is 33.7 Å². The Balaban J connectivity index is 1.87. The predicted octanol–water partition coefficient (Wildman–Crippen LogP) is 5.04. The Kier molecular flexibility index (Phi) is 7.57. The third-order valence-corrected chi connectivity index (χ3v) is 5.81. The Bertz CT molecular complexity index is 1360. The molecule has 1 fully saturated rings. The van der Waals surface area contributed by atoms with Gasteiger partial charge < -0.3 is 19.3 Å². The molecule has 1 aliphatic heterocycles. The smallest absolute Gasteiger partial charge is 0.308 e. The second-order valence-corrected chi connectivity index (χ2v) is 8.41. The molecule has 1 atom stereocenters. The van der Waals surface area contributed by atoms with E-state index in [1.807, 2.05) is 6.92 Å². The summed E-state index contributed by atoms with van der Waals surface area (Å²) >= 11 is 0. The number of rotatable bonds is 8. The Labute approximate surface area is 214 Å². The van der Waals surface area contributed by atoms with Crippen LogP contribution in [0.3, 0.4) is 0 Å². The summed E-state index contributed by atoms with van der Waals surface area (Å²) in [6.07, 6.45) is 0.811. The molecule has 0 saturated carbocycles. The number of hydrogen-bond acceptors (Lipinski definition) is 7. The molecule has 1 N–H and O–H groups in total. The van der Waals surface area contributed by atoms with Gasteiger partial charge in [-0.1, -0.05) is 37.3 Å². The Hall–Kier alpha value is -4.59. The molecule has 0 aliphatic carbocycles. The summed E-state index contributed by atoms with van der Waals surface area (Å²) in [5.41, 5.74) is 1.24. The third kappa shape index (κ3) is 5.33. The van der Waals surface area contributed by atoms with E-state index in [0.29, 0.717) is 40.7 Å². The van der Waals surface area contributed by atoms with Gasteiger partial charge in [0.05, 0.1) is 25.3 Å². The molecule has 4 rings (SSSR count). The van der Waals surface area contributed by atoms with E-state index >= 15 is 0 Å². The number of esters is 1. The second kappa shape index (κ2) is 11.0. The molecular weight excluding hydrogens is 474 g/mol. The fourth-order valence-electron chi connectivity index (χ4n) is 4.17. The SMILES string of the molecule is CCCOc1cccc(/C(O)=C2\C(=O)C(=O)N(c3cccc(OC)c3)C2c2ccc(OC(C)=O)cc2)c1. The van der Waals surface area contributed by atoms with Crippen molar-refractivity contribution in [1.82, 2.24) is 0 Å². The minimum atomic E-state index is -0.946. The first-order valence-electron chi connectivity index (χ1n) is 11.8. The van der Waals surface area contributed by atoms with Crippen LogP contribution in [0.2, 0.25) is 0 Å². The summed E-state index contributed by atoms with van der Waals surface area (Å²) in [5, 5.41) is 11.4. The first kappa shape index (κ1) is 25.5. The maximum atomic E-state index is 13.4. The van der Waals surface area contributed by atoms with Crippen LogP contribution in [-0.4, -0.2) is 36.5 Å². The molecule has 3 aromatic carbocycles. The molecule has 0 aromatic heterocycles. The molecule has 1 saturated heterocycles. The van der Waals surface area contributed by atoms with Crippen molar-refractivity contribution in [3.05, 3.63) is 89.5 Å². The summed E-state index contributed by atoms with van der Waals surface area (Å²) in [7, 11) is 1.51. The molecule has 8 nitrogen and oxygen atoms in total. The van der Waals surface area contributed by atoms with Gasteiger partial charge in [-0.15, -0.1) is 0 Å². The number of nitrogens with zero attached hydrogens (tertiary/aromatic N) is 1.